The Hall–Kier alpha value is -1.63. The smallest absolute Gasteiger partial charge is 0.324 e. The number of rotatable bonds is 5. The van der Waals surface area contributed by atoms with Gasteiger partial charge >= 0.3 is 5.69 Å². The molecule has 0 aliphatic heterocycles. The normalized spacial score (nSPS) is 10.8. The van der Waals surface area contributed by atoms with Crippen LogP contribution in [0.1, 0.15) is 5.69 Å². The van der Waals surface area contributed by atoms with Crippen LogP contribution in [0.5, 0.6) is 0 Å². The molecular weight excluding hydrogens is 276 g/mol. The van der Waals surface area contributed by atoms with Gasteiger partial charge in [-0.05, 0) is 22.1 Å². The number of aromatic nitrogens is 2. The molecule has 0 amide bonds. The van der Waals surface area contributed by atoms with E-state index >= 15 is 0 Å². The van der Waals surface area contributed by atoms with Gasteiger partial charge in [0.15, 0.2) is 0 Å². The molecule has 2 N–H and O–H groups in total. The molecule has 0 bridgehead atoms. The van der Waals surface area contributed by atoms with E-state index in [1.165, 1.54) is 10.9 Å². The number of hydrogen-bond donors (Lipinski definition) is 1. The van der Waals surface area contributed by atoms with Gasteiger partial charge in [0.2, 0.25) is 4.60 Å². The fourth-order valence-corrected chi connectivity index (χ4v) is 1.86. The highest BCUT2D eigenvalue weighted by molar-refractivity contribution is 9.10. The van der Waals surface area contributed by atoms with Crippen LogP contribution in [-0.4, -0.2) is 14.7 Å². The van der Waals surface area contributed by atoms with Crippen molar-refractivity contribution in [2.75, 3.05) is 0 Å². The van der Waals surface area contributed by atoms with Crippen LogP contribution in [0.3, 0.4) is 0 Å². The number of allylic oxidation sites excluding steroid dienone is 2. The quantitative estimate of drug-likeness (QED) is 0.508. The summed E-state index contributed by atoms with van der Waals surface area (Å²) in [4.78, 5) is 10.4. The minimum absolute atomic E-state index is 0.0278. The van der Waals surface area contributed by atoms with Crippen LogP contribution in [0.2, 0.25) is 0 Å². The number of nitro groups is 1. The summed E-state index contributed by atoms with van der Waals surface area (Å²) in [6.45, 7) is 3.99. The van der Waals surface area contributed by atoms with Gasteiger partial charge in [0.05, 0.1) is 11.5 Å². The summed E-state index contributed by atoms with van der Waals surface area (Å²) < 4.78 is 1.75. The maximum Gasteiger partial charge on any atom is 0.324 e. The average Bonchev–Trinajstić information content (AvgIpc) is 2.52. The van der Waals surface area contributed by atoms with Gasteiger partial charge in [-0.1, -0.05) is 12.2 Å². The second kappa shape index (κ2) is 5.45. The second-order valence-corrected chi connectivity index (χ2v) is 3.70. The Morgan fingerprint density at radius 1 is 1.69 bits per heavy atom. The third kappa shape index (κ3) is 2.48. The molecule has 1 heterocycles. The van der Waals surface area contributed by atoms with Crippen molar-refractivity contribution in [3.63, 3.8) is 0 Å². The Labute approximate surface area is 101 Å². The van der Waals surface area contributed by atoms with Gasteiger partial charge in [-0.15, -0.1) is 6.58 Å². The van der Waals surface area contributed by atoms with Crippen LogP contribution in [0.25, 0.3) is 0 Å². The van der Waals surface area contributed by atoms with Gasteiger partial charge < -0.3 is 5.73 Å². The molecule has 0 saturated heterocycles. The van der Waals surface area contributed by atoms with E-state index in [-0.39, 0.29) is 10.3 Å². The van der Waals surface area contributed by atoms with Crippen LogP contribution >= 0.6 is 15.9 Å². The van der Waals surface area contributed by atoms with Crippen LogP contribution in [0.15, 0.2) is 29.5 Å². The molecule has 1 rings (SSSR count). The van der Waals surface area contributed by atoms with Gasteiger partial charge in [-0.25, -0.2) is 0 Å². The Morgan fingerprint density at radius 2 is 2.38 bits per heavy atom. The molecule has 1 aromatic rings. The fourth-order valence-electron chi connectivity index (χ4n) is 1.29. The largest absolute Gasteiger partial charge is 0.405 e. The predicted octanol–water partition coefficient (Wildman–Crippen LogP) is 1.75. The molecule has 0 aliphatic rings. The molecule has 16 heavy (non-hydrogen) atoms. The Morgan fingerprint density at radius 3 is 2.88 bits per heavy atom. The summed E-state index contributed by atoms with van der Waals surface area (Å²) in [6, 6.07) is 0. The van der Waals surface area contributed by atoms with Crippen molar-refractivity contribution in [1.82, 2.24) is 9.78 Å². The molecular formula is C9H11BrN4O2. The Bertz CT molecular complexity index is 439. The van der Waals surface area contributed by atoms with Crippen LogP contribution in [0.4, 0.5) is 5.69 Å². The maximum atomic E-state index is 10.9. The van der Waals surface area contributed by atoms with E-state index in [1.807, 2.05) is 0 Å². The molecule has 86 valence electrons. The van der Waals surface area contributed by atoms with Gasteiger partial charge in [-0.3, -0.25) is 14.8 Å². The van der Waals surface area contributed by atoms with Crippen LogP contribution in [0, 0.1) is 10.1 Å². The number of halogens is 1. The van der Waals surface area contributed by atoms with Crippen LogP contribution < -0.4 is 5.73 Å². The van der Waals surface area contributed by atoms with E-state index in [4.69, 9.17) is 5.73 Å². The molecule has 0 radical (unpaired) electrons. The molecule has 0 atom stereocenters. The fraction of sp³-hybridized carbons (Fsp3) is 0.222. The Balaban J connectivity index is 3.24. The molecule has 7 heteroatoms. The number of hydrogen-bond acceptors (Lipinski definition) is 4. The number of nitrogens with zero attached hydrogens (tertiary/aromatic N) is 3. The van der Waals surface area contributed by atoms with E-state index in [2.05, 4.69) is 27.6 Å². The summed E-state index contributed by atoms with van der Waals surface area (Å²) >= 11 is 3.07. The van der Waals surface area contributed by atoms with Gasteiger partial charge in [0.1, 0.15) is 5.69 Å². The average molecular weight is 287 g/mol. The molecule has 0 spiro atoms. The highest BCUT2D eigenvalue weighted by atomic mass is 79.9. The van der Waals surface area contributed by atoms with Gasteiger partial charge in [0.25, 0.3) is 0 Å². The second-order valence-electron chi connectivity index (χ2n) is 2.95. The van der Waals surface area contributed by atoms with E-state index in [0.717, 1.165) is 0 Å². The van der Waals surface area contributed by atoms with E-state index < -0.39 is 4.92 Å². The summed E-state index contributed by atoms with van der Waals surface area (Å²) in [5, 5.41) is 14.9. The minimum atomic E-state index is -0.462. The van der Waals surface area contributed by atoms with Crippen molar-refractivity contribution in [3.05, 3.63) is 45.3 Å². The van der Waals surface area contributed by atoms with Crippen molar-refractivity contribution in [1.29, 1.82) is 0 Å². The summed E-state index contributed by atoms with van der Waals surface area (Å²) in [5.74, 6) is 0. The van der Waals surface area contributed by atoms with Gasteiger partial charge in [0, 0.05) is 6.42 Å². The topological polar surface area (TPSA) is 87.0 Å². The molecule has 1 aromatic heterocycles. The lowest BCUT2D eigenvalue weighted by Crippen LogP contribution is -2.04. The third-order valence-corrected chi connectivity index (χ3v) is 2.45. The minimum Gasteiger partial charge on any atom is -0.405 e. The first-order chi connectivity index (χ1) is 7.61. The van der Waals surface area contributed by atoms with E-state index in [9.17, 15) is 10.1 Å². The SMILES string of the molecule is C=CCn1nc(Br)c([N+](=O)[O-])c1CC=CN. The third-order valence-electron chi connectivity index (χ3n) is 1.92. The lowest BCUT2D eigenvalue weighted by molar-refractivity contribution is -0.386. The first-order valence-corrected chi connectivity index (χ1v) is 5.28. The Kier molecular flexibility index (Phi) is 4.24. The van der Waals surface area contributed by atoms with E-state index in [0.29, 0.717) is 18.7 Å². The lowest BCUT2D eigenvalue weighted by atomic mass is 10.2. The molecule has 0 aromatic carbocycles. The zero-order valence-corrected chi connectivity index (χ0v) is 10.1. The summed E-state index contributed by atoms with van der Waals surface area (Å²) in [5.41, 5.74) is 5.69. The summed E-state index contributed by atoms with van der Waals surface area (Å²) in [6.07, 6.45) is 4.97. The lowest BCUT2D eigenvalue weighted by Gasteiger charge is -2.00. The van der Waals surface area contributed by atoms with Crippen molar-refractivity contribution in [2.24, 2.45) is 5.73 Å². The highest BCUT2D eigenvalue weighted by Crippen LogP contribution is 2.28. The maximum absolute atomic E-state index is 10.9. The molecule has 0 saturated carbocycles. The monoisotopic (exact) mass is 286 g/mol. The standard InChI is InChI=1S/C9H11BrN4O2/c1-2-6-13-7(4-3-5-11)8(14(15)16)9(10)12-13/h2-3,5H,1,4,6,11H2. The van der Waals surface area contributed by atoms with Crippen molar-refractivity contribution in [3.8, 4) is 0 Å². The summed E-state index contributed by atoms with van der Waals surface area (Å²) in [7, 11) is 0. The molecule has 0 aliphatic carbocycles. The van der Waals surface area contributed by atoms with Crippen molar-refractivity contribution < 1.29 is 4.92 Å². The van der Waals surface area contributed by atoms with Crippen LogP contribution in [-0.2, 0) is 13.0 Å². The highest BCUT2D eigenvalue weighted by Gasteiger charge is 2.24. The van der Waals surface area contributed by atoms with Gasteiger partial charge in [-0.2, -0.15) is 5.10 Å². The first kappa shape index (κ1) is 12.4. The molecule has 0 unspecified atom stereocenters. The van der Waals surface area contributed by atoms with Crippen molar-refractivity contribution >= 4 is 21.6 Å². The van der Waals surface area contributed by atoms with Crippen molar-refractivity contribution in [2.45, 2.75) is 13.0 Å². The van der Waals surface area contributed by atoms with E-state index in [1.54, 1.807) is 12.2 Å². The zero-order chi connectivity index (χ0) is 12.1. The molecule has 0 fully saturated rings. The first-order valence-electron chi connectivity index (χ1n) is 4.49. The zero-order valence-electron chi connectivity index (χ0n) is 8.47. The number of nitrogens with two attached hydrogens (primary N) is 1. The molecule has 6 nitrogen and oxygen atoms in total. The predicted molar refractivity (Wildman–Crippen MR) is 63.8 cm³/mol.